The largest absolute Gasteiger partial charge is 0.365 e. The average molecular weight is 275 g/mol. The molecule has 2 rings (SSSR count). The Morgan fingerprint density at radius 1 is 1.35 bits per heavy atom. The lowest BCUT2D eigenvalue weighted by Gasteiger charge is -2.25. The second kappa shape index (κ2) is 6.75. The predicted octanol–water partition coefficient (Wildman–Crippen LogP) is 1.77. The van der Waals surface area contributed by atoms with E-state index in [4.69, 9.17) is 0 Å². The molecule has 4 nitrogen and oxygen atoms in total. The Morgan fingerprint density at radius 3 is 2.70 bits per heavy atom. The Kier molecular flexibility index (Phi) is 5.01. The minimum atomic E-state index is 0.237. The summed E-state index contributed by atoms with van der Waals surface area (Å²) in [6, 6.07) is 6.40. The van der Waals surface area contributed by atoms with Crippen LogP contribution in [0.25, 0.3) is 0 Å². The van der Waals surface area contributed by atoms with Crippen LogP contribution in [0.3, 0.4) is 0 Å². The molecular weight excluding hydrogens is 250 g/mol. The van der Waals surface area contributed by atoms with Crippen LogP contribution in [0.2, 0.25) is 0 Å². The molecule has 0 unspecified atom stereocenters. The van der Waals surface area contributed by atoms with Gasteiger partial charge in [-0.25, -0.2) is 0 Å². The Hall–Kier alpha value is -1.55. The Bertz CT molecular complexity index is 467. The van der Waals surface area contributed by atoms with Crippen LogP contribution >= 0.6 is 0 Å². The van der Waals surface area contributed by atoms with Gasteiger partial charge in [0.15, 0.2) is 0 Å². The molecule has 0 atom stereocenters. The number of carbonyl (C=O) groups excluding carboxylic acids is 1. The number of likely N-dealkylation sites (N-methyl/N-ethyl adjacent to an activating group) is 1. The first-order valence-electron chi connectivity index (χ1n) is 7.35. The number of nitrogens with one attached hydrogen (secondary N) is 1. The number of likely N-dealkylation sites (tertiary alicyclic amines) is 1. The van der Waals surface area contributed by atoms with Crippen LogP contribution in [0.15, 0.2) is 18.2 Å². The van der Waals surface area contributed by atoms with Crippen molar-refractivity contribution in [3.8, 4) is 0 Å². The van der Waals surface area contributed by atoms with Crippen molar-refractivity contribution in [1.29, 1.82) is 0 Å². The summed E-state index contributed by atoms with van der Waals surface area (Å²) < 4.78 is 0. The lowest BCUT2D eigenvalue weighted by Crippen LogP contribution is -2.37. The topological polar surface area (TPSA) is 35.6 Å². The quantitative estimate of drug-likeness (QED) is 0.889. The monoisotopic (exact) mass is 275 g/mol. The van der Waals surface area contributed by atoms with Gasteiger partial charge in [0.05, 0.1) is 6.54 Å². The van der Waals surface area contributed by atoms with Crippen LogP contribution in [0.1, 0.15) is 24.0 Å². The van der Waals surface area contributed by atoms with Crippen molar-refractivity contribution >= 4 is 11.6 Å². The summed E-state index contributed by atoms with van der Waals surface area (Å²) in [5.41, 5.74) is 3.62. The molecule has 0 saturated carbocycles. The SMILES string of the molecule is CNCc1cc(C)ccc1N(C)CC(=O)N1CCCC1. The molecule has 0 aliphatic carbocycles. The zero-order valence-electron chi connectivity index (χ0n) is 12.8. The van der Waals surface area contributed by atoms with Crippen LogP contribution in [0.5, 0.6) is 0 Å². The van der Waals surface area contributed by atoms with Gasteiger partial charge in [0.25, 0.3) is 0 Å². The van der Waals surface area contributed by atoms with Crippen LogP contribution in [0, 0.1) is 6.92 Å². The number of nitrogens with zero attached hydrogens (tertiary/aromatic N) is 2. The van der Waals surface area contributed by atoms with Gasteiger partial charge in [0.1, 0.15) is 0 Å². The van der Waals surface area contributed by atoms with Gasteiger partial charge in [0.2, 0.25) is 5.91 Å². The lowest BCUT2D eigenvalue weighted by atomic mass is 10.1. The highest BCUT2D eigenvalue weighted by Crippen LogP contribution is 2.21. The maximum absolute atomic E-state index is 12.2. The average Bonchev–Trinajstić information content (AvgIpc) is 2.93. The summed E-state index contributed by atoms with van der Waals surface area (Å²) in [5, 5.41) is 3.19. The van der Waals surface area contributed by atoms with E-state index in [-0.39, 0.29) is 5.91 Å². The molecule has 1 aliphatic rings. The van der Waals surface area contributed by atoms with E-state index in [9.17, 15) is 4.79 Å². The third-order valence-corrected chi connectivity index (χ3v) is 3.84. The lowest BCUT2D eigenvalue weighted by molar-refractivity contribution is -0.128. The fourth-order valence-corrected chi connectivity index (χ4v) is 2.77. The van der Waals surface area contributed by atoms with Crippen molar-refractivity contribution in [2.75, 3.05) is 38.6 Å². The van der Waals surface area contributed by atoms with Crippen molar-refractivity contribution in [3.63, 3.8) is 0 Å². The minimum absolute atomic E-state index is 0.237. The number of hydrogen-bond donors (Lipinski definition) is 1. The van der Waals surface area contributed by atoms with E-state index < -0.39 is 0 Å². The first-order chi connectivity index (χ1) is 9.61. The molecule has 20 heavy (non-hydrogen) atoms. The number of amides is 1. The number of rotatable bonds is 5. The minimum Gasteiger partial charge on any atom is -0.365 e. The van der Waals surface area contributed by atoms with Crippen molar-refractivity contribution < 1.29 is 4.79 Å². The summed E-state index contributed by atoms with van der Waals surface area (Å²) in [4.78, 5) is 16.3. The standard InChI is InChI=1S/C16H25N3O/c1-13-6-7-15(14(10-13)11-17-2)18(3)12-16(20)19-8-4-5-9-19/h6-7,10,17H,4-5,8-9,11-12H2,1-3H3. The van der Waals surface area contributed by atoms with Gasteiger partial charge in [-0.2, -0.15) is 0 Å². The van der Waals surface area contributed by atoms with E-state index in [2.05, 4.69) is 35.3 Å². The molecule has 110 valence electrons. The van der Waals surface area contributed by atoms with Gasteiger partial charge < -0.3 is 15.1 Å². The number of benzene rings is 1. The number of hydrogen-bond acceptors (Lipinski definition) is 3. The van der Waals surface area contributed by atoms with Crippen LogP contribution in [-0.2, 0) is 11.3 Å². The van der Waals surface area contributed by atoms with E-state index in [0.29, 0.717) is 6.54 Å². The van der Waals surface area contributed by atoms with Crippen molar-refractivity contribution in [1.82, 2.24) is 10.2 Å². The maximum Gasteiger partial charge on any atom is 0.242 e. The number of anilines is 1. The van der Waals surface area contributed by atoms with Crippen molar-refractivity contribution in [3.05, 3.63) is 29.3 Å². The Balaban J connectivity index is 2.07. The first-order valence-corrected chi connectivity index (χ1v) is 7.35. The molecule has 1 saturated heterocycles. The van der Waals surface area contributed by atoms with E-state index in [1.807, 2.05) is 19.0 Å². The highest BCUT2D eigenvalue weighted by molar-refractivity contribution is 5.82. The maximum atomic E-state index is 12.2. The van der Waals surface area contributed by atoms with Gasteiger partial charge in [-0.05, 0) is 38.4 Å². The van der Waals surface area contributed by atoms with E-state index in [0.717, 1.165) is 38.2 Å². The Labute approximate surface area is 121 Å². The number of carbonyl (C=O) groups is 1. The predicted molar refractivity (Wildman–Crippen MR) is 83.0 cm³/mol. The third-order valence-electron chi connectivity index (χ3n) is 3.84. The molecule has 1 fully saturated rings. The van der Waals surface area contributed by atoms with E-state index >= 15 is 0 Å². The van der Waals surface area contributed by atoms with Crippen molar-refractivity contribution in [2.45, 2.75) is 26.3 Å². The van der Waals surface area contributed by atoms with E-state index in [1.165, 1.54) is 11.1 Å². The van der Waals surface area contributed by atoms with Crippen LogP contribution < -0.4 is 10.2 Å². The molecular formula is C16H25N3O. The molecule has 1 aliphatic heterocycles. The number of aryl methyl sites for hydroxylation is 1. The highest BCUT2D eigenvalue weighted by atomic mass is 16.2. The molecule has 0 aromatic heterocycles. The van der Waals surface area contributed by atoms with Gasteiger partial charge in [-0.1, -0.05) is 17.7 Å². The summed E-state index contributed by atoms with van der Waals surface area (Å²) in [7, 11) is 3.94. The van der Waals surface area contributed by atoms with Gasteiger partial charge in [-0.15, -0.1) is 0 Å². The molecule has 1 N–H and O–H groups in total. The van der Waals surface area contributed by atoms with Crippen LogP contribution in [0.4, 0.5) is 5.69 Å². The van der Waals surface area contributed by atoms with Gasteiger partial charge in [-0.3, -0.25) is 4.79 Å². The molecule has 1 aromatic rings. The summed E-state index contributed by atoms with van der Waals surface area (Å²) in [5.74, 6) is 0.237. The second-order valence-corrected chi connectivity index (χ2v) is 5.61. The molecule has 0 radical (unpaired) electrons. The summed E-state index contributed by atoms with van der Waals surface area (Å²) in [6.07, 6.45) is 2.29. The van der Waals surface area contributed by atoms with Crippen molar-refractivity contribution in [2.24, 2.45) is 0 Å². The van der Waals surface area contributed by atoms with Gasteiger partial charge >= 0.3 is 0 Å². The van der Waals surface area contributed by atoms with Crippen LogP contribution in [-0.4, -0.2) is 44.5 Å². The zero-order valence-corrected chi connectivity index (χ0v) is 12.8. The fourth-order valence-electron chi connectivity index (χ4n) is 2.77. The zero-order chi connectivity index (χ0) is 14.5. The fraction of sp³-hybridized carbons (Fsp3) is 0.562. The highest BCUT2D eigenvalue weighted by Gasteiger charge is 2.20. The molecule has 1 heterocycles. The third kappa shape index (κ3) is 3.51. The molecule has 1 aromatic carbocycles. The summed E-state index contributed by atoms with van der Waals surface area (Å²) >= 11 is 0. The first kappa shape index (κ1) is 14.9. The van der Waals surface area contributed by atoms with E-state index in [1.54, 1.807) is 0 Å². The molecule has 0 spiro atoms. The molecule has 0 bridgehead atoms. The molecule has 1 amide bonds. The second-order valence-electron chi connectivity index (χ2n) is 5.61. The summed E-state index contributed by atoms with van der Waals surface area (Å²) in [6.45, 7) is 5.21. The molecule has 4 heteroatoms. The normalized spacial score (nSPS) is 14.7. The van der Waals surface area contributed by atoms with Gasteiger partial charge in [0, 0.05) is 32.4 Å². The Morgan fingerprint density at radius 2 is 2.05 bits per heavy atom. The smallest absolute Gasteiger partial charge is 0.242 e.